The number of aromatic nitrogens is 2. The number of hydrogen-bond donors (Lipinski definition) is 1. The number of benzene rings is 3. The molecule has 1 N–H and O–H groups in total. The molecule has 0 aliphatic rings. The molecule has 7 heteroatoms. The number of carbonyl (C=O) groups excluding carboxylic acids is 1. The summed E-state index contributed by atoms with van der Waals surface area (Å²) in [6, 6.07) is 20.0. The highest BCUT2D eigenvalue weighted by Crippen LogP contribution is 2.23. The smallest absolute Gasteiger partial charge is 0.261 e. The number of carbonyl (C=O) groups is 1. The van der Waals surface area contributed by atoms with Gasteiger partial charge in [-0.2, -0.15) is 0 Å². The number of fused-ring (bicyclic) bond motifs is 1. The van der Waals surface area contributed by atoms with E-state index in [1.165, 1.54) is 23.0 Å². The minimum Gasteiger partial charge on any atom is -0.344 e. The number of halogens is 2. The molecule has 1 atom stereocenters. The summed E-state index contributed by atoms with van der Waals surface area (Å²) in [7, 11) is 0. The topological polar surface area (TPSA) is 64.0 Å². The zero-order chi connectivity index (χ0) is 21.1. The Balaban J connectivity index is 1.62. The molecular weight excluding hydrogens is 405 g/mol. The van der Waals surface area contributed by atoms with E-state index in [1.54, 1.807) is 12.1 Å². The van der Waals surface area contributed by atoms with E-state index in [4.69, 9.17) is 11.6 Å². The van der Waals surface area contributed by atoms with E-state index in [0.29, 0.717) is 10.5 Å². The zero-order valence-electron chi connectivity index (χ0n) is 15.8. The van der Waals surface area contributed by atoms with Gasteiger partial charge in [0.1, 0.15) is 12.4 Å². The molecule has 150 valence electrons. The molecule has 0 saturated heterocycles. The Kier molecular flexibility index (Phi) is 5.59. The SMILES string of the molecule is O=C(Cn1cnc2ccc(F)cc2c1=O)N[C@H](c1ccccc1)c1ccc(Cl)cc1. The van der Waals surface area contributed by atoms with Gasteiger partial charge in [0.2, 0.25) is 5.91 Å². The normalized spacial score (nSPS) is 11.9. The van der Waals surface area contributed by atoms with Crippen molar-refractivity contribution in [1.82, 2.24) is 14.9 Å². The Morgan fingerprint density at radius 1 is 1.03 bits per heavy atom. The molecule has 4 rings (SSSR count). The third kappa shape index (κ3) is 4.23. The maximum Gasteiger partial charge on any atom is 0.261 e. The highest BCUT2D eigenvalue weighted by atomic mass is 35.5. The van der Waals surface area contributed by atoms with Crippen molar-refractivity contribution in [2.24, 2.45) is 0 Å². The molecule has 0 aliphatic carbocycles. The Hall–Kier alpha value is -3.51. The van der Waals surface area contributed by atoms with Gasteiger partial charge >= 0.3 is 0 Å². The van der Waals surface area contributed by atoms with Gasteiger partial charge < -0.3 is 5.32 Å². The van der Waals surface area contributed by atoms with Crippen LogP contribution in [0.1, 0.15) is 17.2 Å². The van der Waals surface area contributed by atoms with Crippen molar-refractivity contribution in [3.63, 3.8) is 0 Å². The molecule has 3 aromatic carbocycles. The van der Waals surface area contributed by atoms with Gasteiger partial charge in [0.25, 0.3) is 5.56 Å². The Morgan fingerprint density at radius 3 is 2.47 bits per heavy atom. The van der Waals surface area contributed by atoms with Crippen LogP contribution in [-0.2, 0) is 11.3 Å². The molecule has 30 heavy (non-hydrogen) atoms. The fourth-order valence-corrected chi connectivity index (χ4v) is 3.39. The van der Waals surface area contributed by atoms with Gasteiger partial charge in [-0.05, 0) is 41.5 Å². The van der Waals surface area contributed by atoms with Crippen LogP contribution in [0.15, 0.2) is 83.9 Å². The lowest BCUT2D eigenvalue weighted by Gasteiger charge is -2.20. The molecule has 4 aromatic rings. The summed E-state index contributed by atoms with van der Waals surface area (Å²) < 4.78 is 14.7. The van der Waals surface area contributed by atoms with Crippen LogP contribution < -0.4 is 10.9 Å². The van der Waals surface area contributed by atoms with E-state index in [2.05, 4.69) is 10.3 Å². The average Bonchev–Trinajstić information content (AvgIpc) is 2.76. The molecule has 0 bridgehead atoms. The summed E-state index contributed by atoms with van der Waals surface area (Å²) in [5.41, 5.74) is 1.64. The van der Waals surface area contributed by atoms with Gasteiger partial charge in [-0.15, -0.1) is 0 Å². The Labute approximate surface area is 176 Å². The maximum atomic E-state index is 13.5. The molecule has 5 nitrogen and oxygen atoms in total. The third-order valence-corrected chi connectivity index (χ3v) is 4.99. The lowest BCUT2D eigenvalue weighted by atomic mass is 9.98. The molecule has 0 unspecified atom stereocenters. The first-order valence-electron chi connectivity index (χ1n) is 9.26. The molecule has 0 saturated carbocycles. The van der Waals surface area contributed by atoms with Crippen LogP contribution in [0.5, 0.6) is 0 Å². The fourth-order valence-electron chi connectivity index (χ4n) is 3.26. The van der Waals surface area contributed by atoms with Crippen LogP contribution in [0.2, 0.25) is 5.02 Å². The van der Waals surface area contributed by atoms with Crippen molar-refractivity contribution in [1.29, 1.82) is 0 Å². The molecular formula is C23H17ClFN3O2. The summed E-state index contributed by atoms with van der Waals surface area (Å²) in [4.78, 5) is 29.6. The summed E-state index contributed by atoms with van der Waals surface area (Å²) in [6.45, 7) is -0.241. The number of nitrogens with zero attached hydrogens (tertiary/aromatic N) is 2. The van der Waals surface area contributed by atoms with Crippen LogP contribution in [0, 0.1) is 5.82 Å². The molecule has 0 radical (unpaired) electrons. The Bertz CT molecular complexity index is 1260. The average molecular weight is 422 g/mol. The van der Waals surface area contributed by atoms with E-state index in [0.717, 1.165) is 17.2 Å². The van der Waals surface area contributed by atoms with Crippen molar-refractivity contribution >= 4 is 28.4 Å². The fraction of sp³-hybridized carbons (Fsp3) is 0.0870. The van der Waals surface area contributed by atoms with E-state index in [-0.39, 0.29) is 17.8 Å². The van der Waals surface area contributed by atoms with Crippen LogP contribution in [0.25, 0.3) is 10.9 Å². The number of amides is 1. The lowest BCUT2D eigenvalue weighted by molar-refractivity contribution is -0.122. The van der Waals surface area contributed by atoms with Gasteiger partial charge in [-0.25, -0.2) is 9.37 Å². The molecule has 1 amide bonds. The minimum absolute atomic E-state index is 0.127. The highest BCUT2D eigenvalue weighted by Gasteiger charge is 2.18. The lowest BCUT2D eigenvalue weighted by Crippen LogP contribution is -2.35. The van der Waals surface area contributed by atoms with Crippen molar-refractivity contribution in [3.05, 3.63) is 111 Å². The van der Waals surface area contributed by atoms with Crippen LogP contribution in [-0.4, -0.2) is 15.5 Å². The number of hydrogen-bond acceptors (Lipinski definition) is 3. The largest absolute Gasteiger partial charge is 0.344 e. The summed E-state index contributed by atoms with van der Waals surface area (Å²) >= 11 is 5.99. The molecule has 1 heterocycles. The first-order valence-corrected chi connectivity index (χ1v) is 9.63. The van der Waals surface area contributed by atoms with E-state index >= 15 is 0 Å². The predicted octanol–water partition coefficient (Wildman–Crippen LogP) is 4.09. The van der Waals surface area contributed by atoms with Gasteiger partial charge in [0.05, 0.1) is 23.3 Å². The van der Waals surface area contributed by atoms with Crippen LogP contribution in [0.4, 0.5) is 4.39 Å². The second kappa shape index (κ2) is 8.47. The van der Waals surface area contributed by atoms with Crippen molar-refractivity contribution in [3.8, 4) is 0 Å². The third-order valence-electron chi connectivity index (χ3n) is 4.74. The summed E-state index contributed by atoms with van der Waals surface area (Å²) in [5.74, 6) is -0.908. The summed E-state index contributed by atoms with van der Waals surface area (Å²) in [6.07, 6.45) is 1.29. The predicted molar refractivity (Wildman–Crippen MR) is 114 cm³/mol. The molecule has 0 spiro atoms. The first-order chi connectivity index (χ1) is 14.5. The summed E-state index contributed by atoms with van der Waals surface area (Å²) in [5, 5.41) is 3.68. The van der Waals surface area contributed by atoms with Crippen LogP contribution in [0.3, 0.4) is 0 Å². The van der Waals surface area contributed by atoms with Gasteiger partial charge in [-0.1, -0.05) is 54.1 Å². The molecule has 0 fully saturated rings. The van der Waals surface area contributed by atoms with Gasteiger partial charge in [-0.3, -0.25) is 14.2 Å². The second-order valence-corrected chi connectivity index (χ2v) is 7.24. The number of rotatable bonds is 5. The quantitative estimate of drug-likeness (QED) is 0.527. The molecule has 1 aromatic heterocycles. The van der Waals surface area contributed by atoms with Crippen molar-refractivity contribution < 1.29 is 9.18 Å². The highest BCUT2D eigenvalue weighted by molar-refractivity contribution is 6.30. The maximum absolute atomic E-state index is 13.5. The van der Waals surface area contributed by atoms with E-state index < -0.39 is 17.4 Å². The Morgan fingerprint density at radius 2 is 1.73 bits per heavy atom. The minimum atomic E-state index is -0.532. The van der Waals surface area contributed by atoms with Crippen molar-refractivity contribution in [2.75, 3.05) is 0 Å². The van der Waals surface area contributed by atoms with Crippen molar-refractivity contribution in [2.45, 2.75) is 12.6 Å². The van der Waals surface area contributed by atoms with E-state index in [9.17, 15) is 14.0 Å². The second-order valence-electron chi connectivity index (χ2n) is 6.80. The van der Waals surface area contributed by atoms with E-state index in [1.807, 2.05) is 42.5 Å². The molecule has 0 aliphatic heterocycles. The standard InChI is InChI=1S/C23H17ClFN3O2/c24-17-8-6-16(7-9-17)22(15-4-2-1-3-5-15)27-21(29)13-28-14-26-20-11-10-18(25)12-19(20)23(28)30/h1-12,14,22H,13H2,(H,27,29)/t22-/m1/s1. The van der Waals surface area contributed by atoms with Crippen LogP contribution >= 0.6 is 11.6 Å². The zero-order valence-corrected chi connectivity index (χ0v) is 16.5. The van der Waals surface area contributed by atoms with Gasteiger partial charge in [0.15, 0.2) is 0 Å². The monoisotopic (exact) mass is 421 g/mol. The number of nitrogens with one attached hydrogen (secondary N) is 1. The van der Waals surface area contributed by atoms with Gasteiger partial charge in [0, 0.05) is 5.02 Å². The first kappa shape index (κ1) is 19.8.